The van der Waals surface area contributed by atoms with Crippen molar-refractivity contribution >= 4 is 40.0 Å². The van der Waals surface area contributed by atoms with E-state index in [1.165, 1.54) is 0 Å². The minimum Gasteiger partial charge on any atom is -0.421 e. The van der Waals surface area contributed by atoms with Crippen LogP contribution in [0.25, 0.3) is 22.4 Å². The van der Waals surface area contributed by atoms with Gasteiger partial charge in [0.15, 0.2) is 0 Å². The second kappa shape index (κ2) is 6.26. The van der Waals surface area contributed by atoms with Crippen molar-refractivity contribution in [2.24, 2.45) is 0 Å². The van der Waals surface area contributed by atoms with Crippen molar-refractivity contribution in [1.29, 1.82) is 0 Å². The maximum atomic E-state index is 12.1. The zero-order chi connectivity index (χ0) is 18.6. The number of aryl methyl sites for hydroxylation is 1. The van der Waals surface area contributed by atoms with E-state index in [-0.39, 0.29) is 11.9 Å². The summed E-state index contributed by atoms with van der Waals surface area (Å²) in [7, 11) is 0. The number of halogens is 2. The Kier molecular flexibility index (Phi) is 4.17. The zero-order valence-electron chi connectivity index (χ0n) is 14.1. The van der Waals surface area contributed by atoms with Gasteiger partial charge in [-0.25, -0.2) is 0 Å². The number of hydrogen-bond acceptors (Lipinski definition) is 5. The summed E-state index contributed by atoms with van der Waals surface area (Å²) >= 11 is 12.7. The molecule has 3 aromatic rings. The smallest absolute Gasteiger partial charge is 0.248 e. The standard InChI is InChI=1S/C17H16Cl2N4O3/c1-7-13-11(3-4-23(7)12(25)6-24)20-16-14(13)9(5-10(18)15(16)19)17-22-21-8(2)26-17/h5,7,20,24H,3-4,6H2,1-2H3/t7-/m0/s1. The Morgan fingerprint density at radius 2 is 2.23 bits per heavy atom. The van der Waals surface area contributed by atoms with Crippen molar-refractivity contribution in [2.45, 2.75) is 26.3 Å². The minimum atomic E-state index is -0.523. The van der Waals surface area contributed by atoms with Crippen LogP contribution in [-0.2, 0) is 11.2 Å². The van der Waals surface area contributed by atoms with Crippen LogP contribution in [0.2, 0.25) is 10.0 Å². The summed E-state index contributed by atoms with van der Waals surface area (Å²) < 4.78 is 5.61. The van der Waals surface area contributed by atoms with E-state index in [0.29, 0.717) is 45.9 Å². The van der Waals surface area contributed by atoms with Crippen molar-refractivity contribution in [3.05, 3.63) is 33.3 Å². The predicted molar refractivity (Wildman–Crippen MR) is 97.3 cm³/mol. The molecule has 1 aliphatic heterocycles. The normalized spacial score (nSPS) is 17.0. The molecule has 1 atom stereocenters. The molecule has 0 saturated carbocycles. The SMILES string of the molecule is Cc1nnc(-c2cc(Cl)c(Cl)c3[nH]c4c(c23)[C@H](C)N(C(=O)CO)CC4)o1. The summed E-state index contributed by atoms with van der Waals surface area (Å²) in [5.41, 5.74) is 3.26. The molecule has 9 heteroatoms. The topological polar surface area (TPSA) is 95.2 Å². The van der Waals surface area contributed by atoms with Crippen LogP contribution < -0.4 is 0 Å². The van der Waals surface area contributed by atoms with Crippen LogP contribution in [0.3, 0.4) is 0 Å². The number of nitrogens with zero attached hydrogens (tertiary/aromatic N) is 3. The van der Waals surface area contributed by atoms with Gasteiger partial charge in [-0.05, 0) is 13.0 Å². The fraction of sp³-hybridized carbons (Fsp3) is 0.353. The molecule has 3 heterocycles. The summed E-state index contributed by atoms with van der Waals surface area (Å²) in [5.74, 6) is 0.465. The van der Waals surface area contributed by atoms with E-state index in [1.54, 1.807) is 17.9 Å². The van der Waals surface area contributed by atoms with Crippen LogP contribution in [-0.4, -0.2) is 44.2 Å². The van der Waals surface area contributed by atoms with Gasteiger partial charge in [-0.2, -0.15) is 0 Å². The molecule has 0 fully saturated rings. The minimum absolute atomic E-state index is 0.243. The number of benzene rings is 1. The molecule has 1 aliphatic rings. The van der Waals surface area contributed by atoms with E-state index in [4.69, 9.17) is 27.6 Å². The van der Waals surface area contributed by atoms with Gasteiger partial charge < -0.3 is 19.4 Å². The summed E-state index contributed by atoms with van der Waals surface area (Å²) in [6, 6.07) is 1.46. The molecule has 2 aromatic heterocycles. The van der Waals surface area contributed by atoms with Gasteiger partial charge in [-0.15, -0.1) is 10.2 Å². The number of aliphatic hydroxyl groups excluding tert-OH is 1. The lowest BCUT2D eigenvalue weighted by molar-refractivity contribution is -0.136. The largest absolute Gasteiger partial charge is 0.421 e. The Morgan fingerprint density at radius 3 is 2.88 bits per heavy atom. The van der Waals surface area contributed by atoms with Crippen LogP contribution in [0.15, 0.2) is 10.5 Å². The van der Waals surface area contributed by atoms with Gasteiger partial charge >= 0.3 is 0 Å². The van der Waals surface area contributed by atoms with E-state index >= 15 is 0 Å². The number of rotatable bonds is 2. The number of carbonyl (C=O) groups excluding carboxylic acids is 1. The quantitative estimate of drug-likeness (QED) is 0.695. The van der Waals surface area contributed by atoms with Crippen LogP contribution in [0, 0.1) is 6.92 Å². The first-order chi connectivity index (χ1) is 12.4. The van der Waals surface area contributed by atoms with E-state index in [0.717, 1.165) is 16.6 Å². The number of aliphatic hydroxyl groups is 1. The molecule has 7 nitrogen and oxygen atoms in total. The second-order valence-corrected chi connectivity index (χ2v) is 7.07. The van der Waals surface area contributed by atoms with E-state index in [2.05, 4.69) is 15.2 Å². The molecule has 0 aliphatic carbocycles. The summed E-state index contributed by atoms with van der Waals surface area (Å²) in [6.45, 7) is 3.62. The maximum absolute atomic E-state index is 12.1. The molecule has 2 N–H and O–H groups in total. The highest BCUT2D eigenvalue weighted by atomic mass is 35.5. The highest BCUT2D eigenvalue weighted by Crippen LogP contribution is 2.44. The first kappa shape index (κ1) is 17.3. The highest BCUT2D eigenvalue weighted by molar-refractivity contribution is 6.45. The van der Waals surface area contributed by atoms with Crippen molar-refractivity contribution in [1.82, 2.24) is 20.1 Å². The second-order valence-electron chi connectivity index (χ2n) is 6.28. The molecule has 1 aromatic carbocycles. The van der Waals surface area contributed by atoms with Crippen LogP contribution in [0.1, 0.15) is 30.1 Å². The van der Waals surface area contributed by atoms with Crippen molar-refractivity contribution in [2.75, 3.05) is 13.2 Å². The Hall–Kier alpha value is -2.09. The number of H-pyrrole nitrogens is 1. The summed E-state index contributed by atoms with van der Waals surface area (Å²) in [6.07, 6.45) is 0.621. The fourth-order valence-electron chi connectivity index (χ4n) is 3.64. The predicted octanol–water partition coefficient (Wildman–Crippen LogP) is 3.27. The number of amides is 1. The molecule has 26 heavy (non-hydrogen) atoms. The molecule has 0 saturated heterocycles. The van der Waals surface area contributed by atoms with Gasteiger partial charge in [-0.3, -0.25) is 4.79 Å². The Labute approximate surface area is 158 Å². The molecule has 136 valence electrons. The van der Waals surface area contributed by atoms with Gasteiger partial charge in [0.05, 0.1) is 27.2 Å². The first-order valence-electron chi connectivity index (χ1n) is 8.15. The Morgan fingerprint density at radius 1 is 1.46 bits per heavy atom. The van der Waals surface area contributed by atoms with Crippen LogP contribution in [0.5, 0.6) is 0 Å². The molecule has 0 unspecified atom stereocenters. The van der Waals surface area contributed by atoms with E-state index < -0.39 is 6.61 Å². The van der Waals surface area contributed by atoms with Gasteiger partial charge in [0, 0.05) is 36.5 Å². The molecule has 0 spiro atoms. The van der Waals surface area contributed by atoms with Crippen molar-refractivity contribution in [3.63, 3.8) is 0 Å². The monoisotopic (exact) mass is 394 g/mol. The van der Waals surface area contributed by atoms with Crippen LogP contribution in [0.4, 0.5) is 0 Å². The third-order valence-electron chi connectivity index (χ3n) is 4.79. The lowest BCUT2D eigenvalue weighted by Gasteiger charge is -2.33. The summed E-state index contributed by atoms with van der Waals surface area (Å²) in [5, 5.41) is 18.8. The number of aromatic amines is 1. The molecule has 4 rings (SSSR count). The van der Waals surface area contributed by atoms with E-state index in [9.17, 15) is 9.90 Å². The Bertz CT molecular complexity index is 1030. The first-order valence-corrected chi connectivity index (χ1v) is 8.91. The van der Waals surface area contributed by atoms with Gasteiger partial charge in [0.25, 0.3) is 0 Å². The fourth-order valence-corrected chi connectivity index (χ4v) is 4.04. The Balaban J connectivity index is 2.01. The van der Waals surface area contributed by atoms with Crippen LogP contribution >= 0.6 is 23.2 Å². The summed E-state index contributed by atoms with van der Waals surface area (Å²) in [4.78, 5) is 17.1. The number of fused-ring (bicyclic) bond motifs is 3. The molecule has 0 radical (unpaired) electrons. The van der Waals surface area contributed by atoms with Crippen molar-refractivity contribution < 1.29 is 14.3 Å². The lowest BCUT2D eigenvalue weighted by Crippen LogP contribution is -2.40. The van der Waals surface area contributed by atoms with E-state index in [1.807, 2.05) is 6.92 Å². The maximum Gasteiger partial charge on any atom is 0.248 e. The third kappa shape index (κ3) is 2.50. The number of aromatic nitrogens is 3. The molecular weight excluding hydrogens is 379 g/mol. The molecule has 0 bridgehead atoms. The number of nitrogens with one attached hydrogen (secondary N) is 1. The zero-order valence-corrected chi connectivity index (χ0v) is 15.6. The highest BCUT2D eigenvalue weighted by Gasteiger charge is 2.33. The van der Waals surface area contributed by atoms with Gasteiger partial charge in [-0.1, -0.05) is 23.2 Å². The van der Waals surface area contributed by atoms with Crippen molar-refractivity contribution in [3.8, 4) is 11.5 Å². The molecular formula is C17H16Cl2N4O3. The average molecular weight is 395 g/mol. The van der Waals surface area contributed by atoms with Gasteiger partial charge in [0.1, 0.15) is 6.61 Å². The number of hydrogen-bond donors (Lipinski definition) is 2. The lowest BCUT2D eigenvalue weighted by atomic mass is 9.94. The number of carbonyl (C=O) groups is 1. The third-order valence-corrected chi connectivity index (χ3v) is 5.58. The average Bonchev–Trinajstić information content (AvgIpc) is 3.22. The molecule has 1 amide bonds. The van der Waals surface area contributed by atoms with Gasteiger partial charge in [0.2, 0.25) is 17.7 Å².